The van der Waals surface area contributed by atoms with E-state index in [1.165, 1.54) is 16.2 Å². The SMILES string of the molecule is CC(C)(C)OC(=O)N[C@H]1CCCCCC=C[C@@H]2C[C@@]2(C(=O)NS(=O)(=O)C2CC2)NC(=O)[C@@H]2CC(Oc3nc4ccccc4nc3-c3cccs3)CN2C1=O. The lowest BCUT2D eigenvalue weighted by Gasteiger charge is -2.30. The number of alkyl carbamates (subject to hydrolysis) is 1. The average molecular weight is 779 g/mol. The standard InChI is InChI=1S/C38H46N6O8S2/c1-37(2,3)52-36(48)41-28-15-8-6-4-5-7-12-23-21-38(23,35(47)43-54(49,50)25-17-18-25)42-32(45)29-20-24(22-44(29)34(28)46)51-33-31(30-16-11-19-53-30)39-26-13-9-10-14-27(26)40-33/h7,9-14,16,19,23-25,28-29H,4-6,8,15,17-18,20-22H2,1-3H3,(H,41,48)(H,42,45)(H,43,47)/t23-,24?,28+,29+,38-/m1/s1. The summed E-state index contributed by atoms with van der Waals surface area (Å²) in [4.78, 5) is 67.6. The topological polar surface area (TPSA) is 186 Å². The number of nitrogens with zero attached hydrogens (tertiary/aromatic N) is 3. The van der Waals surface area contributed by atoms with Crippen LogP contribution in [0.4, 0.5) is 4.79 Å². The number of ether oxygens (including phenoxy) is 2. The van der Waals surface area contributed by atoms with Gasteiger partial charge in [-0.15, -0.1) is 11.3 Å². The number of carbonyl (C=O) groups excluding carboxylic acids is 4. The summed E-state index contributed by atoms with van der Waals surface area (Å²) in [6.45, 7) is 5.16. The Morgan fingerprint density at radius 1 is 1.02 bits per heavy atom. The molecule has 4 aliphatic rings. The summed E-state index contributed by atoms with van der Waals surface area (Å²) in [7, 11) is -3.89. The van der Waals surface area contributed by atoms with Gasteiger partial charge in [-0.05, 0) is 82.9 Å². The van der Waals surface area contributed by atoms with Crippen LogP contribution in [0.25, 0.3) is 21.6 Å². The highest BCUT2D eigenvalue weighted by atomic mass is 32.2. The molecule has 7 rings (SSSR count). The van der Waals surface area contributed by atoms with Crippen molar-refractivity contribution in [2.24, 2.45) is 5.92 Å². The molecule has 1 saturated heterocycles. The third kappa shape index (κ3) is 8.38. The number of thiophene rings is 1. The summed E-state index contributed by atoms with van der Waals surface area (Å²) in [6, 6.07) is 9.08. The van der Waals surface area contributed by atoms with Crippen LogP contribution in [0.3, 0.4) is 0 Å². The number of fused-ring (bicyclic) bond motifs is 3. The molecule has 14 nitrogen and oxygen atoms in total. The van der Waals surface area contributed by atoms with E-state index in [9.17, 15) is 27.6 Å². The summed E-state index contributed by atoms with van der Waals surface area (Å²) in [6.07, 6.45) is 6.70. The van der Waals surface area contributed by atoms with Crippen LogP contribution in [-0.4, -0.2) is 88.2 Å². The molecule has 3 aromatic rings. The summed E-state index contributed by atoms with van der Waals surface area (Å²) in [5.74, 6) is -2.10. The highest BCUT2D eigenvalue weighted by Gasteiger charge is 2.62. The van der Waals surface area contributed by atoms with E-state index in [0.29, 0.717) is 48.8 Å². The first kappa shape index (κ1) is 37.7. The first-order valence-electron chi connectivity index (χ1n) is 18.5. The maximum absolute atomic E-state index is 14.5. The highest BCUT2D eigenvalue weighted by molar-refractivity contribution is 7.91. The smallest absolute Gasteiger partial charge is 0.408 e. The molecule has 2 aliphatic carbocycles. The number of amides is 4. The Labute approximate surface area is 318 Å². The number of benzene rings is 1. The van der Waals surface area contributed by atoms with E-state index < -0.39 is 74.3 Å². The minimum absolute atomic E-state index is 0.0274. The number of rotatable bonds is 7. The van der Waals surface area contributed by atoms with E-state index in [2.05, 4.69) is 15.4 Å². The van der Waals surface area contributed by atoms with Crippen molar-refractivity contribution in [2.75, 3.05) is 6.54 Å². The Kier molecular flexibility index (Phi) is 10.4. The van der Waals surface area contributed by atoms with Crippen molar-refractivity contribution in [2.45, 2.75) is 113 Å². The largest absolute Gasteiger partial charge is 0.471 e. The van der Waals surface area contributed by atoms with Crippen LogP contribution >= 0.6 is 11.3 Å². The third-order valence-corrected chi connectivity index (χ3v) is 12.8. The molecular weight excluding hydrogens is 733 g/mol. The van der Waals surface area contributed by atoms with Crippen molar-refractivity contribution in [3.05, 3.63) is 53.9 Å². The fourth-order valence-electron chi connectivity index (χ4n) is 7.09. The van der Waals surface area contributed by atoms with Gasteiger partial charge in [-0.25, -0.2) is 23.2 Å². The van der Waals surface area contributed by atoms with Gasteiger partial charge in [-0.1, -0.05) is 43.2 Å². The van der Waals surface area contributed by atoms with Crippen molar-refractivity contribution >= 4 is 56.2 Å². The lowest BCUT2D eigenvalue weighted by molar-refractivity contribution is -0.141. The fourth-order valence-corrected chi connectivity index (χ4v) is 9.16. The minimum Gasteiger partial charge on any atom is -0.471 e. The van der Waals surface area contributed by atoms with Gasteiger partial charge in [0.05, 0.1) is 27.7 Å². The number of carbonyl (C=O) groups is 4. The van der Waals surface area contributed by atoms with Gasteiger partial charge in [0, 0.05) is 12.3 Å². The van der Waals surface area contributed by atoms with E-state index >= 15 is 0 Å². The van der Waals surface area contributed by atoms with Gasteiger partial charge in [0.1, 0.15) is 35.0 Å². The van der Waals surface area contributed by atoms with E-state index in [1.54, 1.807) is 20.8 Å². The quantitative estimate of drug-likeness (QED) is 0.286. The summed E-state index contributed by atoms with van der Waals surface area (Å²) in [5, 5.41) is 6.93. The van der Waals surface area contributed by atoms with Gasteiger partial charge in [0.25, 0.3) is 5.91 Å². The van der Waals surface area contributed by atoms with Crippen molar-refractivity contribution in [3.63, 3.8) is 0 Å². The molecular formula is C38H46N6O8S2. The molecule has 0 bridgehead atoms. The monoisotopic (exact) mass is 778 g/mol. The molecule has 5 atom stereocenters. The van der Waals surface area contributed by atoms with Crippen molar-refractivity contribution in [1.82, 2.24) is 30.2 Å². The van der Waals surface area contributed by atoms with Crippen molar-refractivity contribution in [1.29, 1.82) is 0 Å². The number of nitrogens with one attached hydrogen (secondary N) is 3. The molecule has 0 radical (unpaired) electrons. The van der Waals surface area contributed by atoms with E-state index in [1.807, 2.05) is 53.9 Å². The van der Waals surface area contributed by atoms with Gasteiger partial charge in [-0.3, -0.25) is 19.1 Å². The zero-order chi connectivity index (χ0) is 38.3. The molecule has 1 unspecified atom stereocenters. The molecule has 3 N–H and O–H groups in total. The van der Waals surface area contributed by atoms with Gasteiger partial charge in [-0.2, -0.15) is 0 Å². The molecule has 2 aromatic heterocycles. The first-order valence-corrected chi connectivity index (χ1v) is 21.0. The van der Waals surface area contributed by atoms with E-state index in [4.69, 9.17) is 19.4 Å². The van der Waals surface area contributed by atoms with E-state index in [-0.39, 0.29) is 25.3 Å². The normalized spacial score (nSPS) is 26.5. The Bertz CT molecular complexity index is 2060. The summed E-state index contributed by atoms with van der Waals surface area (Å²) in [5.41, 5.74) is -0.504. The van der Waals surface area contributed by atoms with Gasteiger partial charge in [0.2, 0.25) is 27.7 Å². The Hall–Kier alpha value is -4.57. The summed E-state index contributed by atoms with van der Waals surface area (Å²) < 4.78 is 40.0. The van der Waals surface area contributed by atoms with Crippen LogP contribution in [0, 0.1) is 5.92 Å². The predicted octanol–water partition coefficient (Wildman–Crippen LogP) is 4.60. The van der Waals surface area contributed by atoms with Crippen LogP contribution in [0.2, 0.25) is 0 Å². The molecule has 0 spiro atoms. The maximum Gasteiger partial charge on any atom is 0.408 e. The van der Waals surface area contributed by atoms with Gasteiger partial charge >= 0.3 is 6.09 Å². The van der Waals surface area contributed by atoms with Crippen molar-refractivity contribution < 1.29 is 37.1 Å². The number of para-hydroxylation sites is 2. The molecule has 4 amide bonds. The van der Waals surface area contributed by atoms with Gasteiger partial charge < -0.3 is 25.0 Å². The Morgan fingerprint density at radius 2 is 1.78 bits per heavy atom. The highest BCUT2D eigenvalue weighted by Crippen LogP contribution is 2.46. The van der Waals surface area contributed by atoms with Crippen molar-refractivity contribution in [3.8, 4) is 16.5 Å². The molecule has 1 aromatic carbocycles. The zero-order valence-corrected chi connectivity index (χ0v) is 32.2. The second-order valence-corrected chi connectivity index (χ2v) is 18.4. The minimum atomic E-state index is -3.89. The fraction of sp³-hybridized carbons (Fsp3) is 0.526. The molecule has 2 saturated carbocycles. The second-order valence-electron chi connectivity index (χ2n) is 15.5. The molecule has 54 heavy (non-hydrogen) atoms. The third-order valence-electron chi connectivity index (χ3n) is 10.1. The molecule has 2 aliphatic heterocycles. The Balaban J connectivity index is 1.21. The number of sulfonamides is 1. The average Bonchev–Trinajstić information content (AvgIpc) is 3.97. The maximum atomic E-state index is 14.5. The van der Waals surface area contributed by atoms with Crippen LogP contribution in [0.15, 0.2) is 53.9 Å². The lowest BCUT2D eigenvalue weighted by atomic mass is 10.0. The second kappa shape index (κ2) is 14.9. The predicted molar refractivity (Wildman–Crippen MR) is 202 cm³/mol. The van der Waals surface area contributed by atoms with Crippen LogP contribution in [0.5, 0.6) is 5.88 Å². The zero-order valence-electron chi connectivity index (χ0n) is 30.6. The molecule has 16 heteroatoms. The lowest BCUT2D eigenvalue weighted by Crippen LogP contribution is -2.58. The number of allylic oxidation sites excluding steroid dienone is 1. The van der Waals surface area contributed by atoms with E-state index in [0.717, 1.165) is 17.7 Å². The molecule has 3 fully saturated rings. The Morgan fingerprint density at radius 3 is 2.48 bits per heavy atom. The number of hydrogen-bond donors (Lipinski definition) is 3. The van der Waals surface area contributed by atoms with Crippen LogP contribution in [-0.2, 0) is 29.1 Å². The summed E-state index contributed by atoms with van der Waals surface area (Å²) >= 11 is 1.47. The number of aromatic nitrogens is 2. The van der Waals surface area contributed by atoms with Crippen LogP contribution < -0.4 is 20.1 Å². The number of hydrogen-bond acceptors (Lipinski definition) is 11. The molecule has 288 valence electrons. The van der Waals surface area contributed by atoms with Gasteiger partial charge in [0.15, 0.2) is 0 Å². The first-order chi connectivity index (χ1) is 25.7. The van der Waals surface area contributed by atoms with Crippen LogP contribution in [0.1, 0.15) is 78.6 Å². The molecule has 4 heterocycles.